The zero-order chi connectivity index (χ0) is 13.7. The minimum absolute atomic E-state index is 0.0202. The van der Waals surface area contributed by atoms with Gasteiger partial charge in [-0.2, -0.15) is 0 Å². The van der Waals surface area contributed by atoms with Crippen LogP contribution in [0.4, 0.5) is 0 Å². The number of aromatic nitrogens is 1. The van der Waals surface area contributed by atoms with Crippen molar-refractivity contribution in [3.63, 3.8) is 0 Å². The minimum Gasteiger partial charge on any atom is -0.389 e. The van der Waals surface area contributed by atoms with Gasteiger partial charge < -0.3 is 14.4 Å². The molecule has 0 spiro atoms. The first-order valence-electron chi connectivity index (χ1n) is 5.52. The van der Waals surface area contributed by atoms with E-state index in [1.165, 1.54) is 13.2 Å². The molecule has 0 aliphatic heterocycles. The molecule has 7 heteroatoms. The van der Waals surface area contributed by atoms with Crippen LogP contribution in [0.3, 0.4) is 0 Å². The summed E-state index contributed by atoms with van der Waals surface area (Å²) in [6, 6.07) is 1.25. The number of methoxy groups -OCH3 is 1. The van der Waals surface area contributed by atoms with Crippen LogP contribution in [0.2, 0.25) is 0 Å². The van der Waals surface area contributed by atoms with Crippen LogP contribution >= 0.6 is 0 Å². The number of aryl methyl sites for hydroxylation is 1. The number of rotatable bonds is 6. The van der Waals surface area contributed by atoms with Crippen LogP contribution in [0, 0.1) is 6.92 Å². The van der Waals surface area contributed by atoms with E-state index >= 15 is 0 Å². The van der Waals surface area contributed by atoms with Gasteiger partial charge in [0.15, 0.2) is 0 Å². The highest BCUT2D eigenvalue weighted by atomic mass is 16.5. The van der Waals surface area contributed by atoms with E-state index in [4.69, 9.17) is 9.26 Å². The van der Waals surface area contributed by atoms with E-state index in [9.17, 15) is 14.7 Å². The van der Waals surface area contributed by atoms with Gasteiger partial charge in [-0.05, 0) is 14.0 Å². The van der Waals surface area contributed by atoms with Crippen molar-refractivity contribution >= 4 is 5.91 Å². The molecule has 0 saturated carbocycles. The molecule has 1 aromatic rings. The highest BCUT2D eigenvalue weighted by Crippen LogP contribution is 1.95. The summed E-state index contributed by atoms with van der Waals surface area (Å²) in [7, 11) is 3.15. The molecule has 7 nitrogen and oxygen atoms in total. The lowest BCUT2D eigenvalue weighted by Gasteiger charge is -2.18. The predicted octanol–water partition coefficient (Wildman–Crippen LogP) is -0.671. The number of ether oxygens (including phenoxy) is 1. The Labute approximate surface area is 105 Å². The number of aliphatic hydroxyl groups is 1. The van der Waals surface area contributed by atoms with Crippen LogP contribution in [-0.2, 0) is 4.74 Å². The van der Waals surface area contributed by atoms with E-state index in [0.29, 0.717) is 10.5 Å². The SMILES string of the molecule is COCC(O)CN(C)CC(=O)n1oc(C)cc1=O. The third-order valence-electron chi connectivity index (χ3n) is 2.28. The lowest BCUT2D eigenvalue weighted by atomic mass is 10.3. The number of hydrogen-bond acceptors (Lipinski definition) is 6. The van der Waals surface area contributed by atoms with E-state index in [-0.39, 0.29) is 19.7 Å². The monoisotopic (exact) mass is 258 g/mol. The van der Waals surface area contributed by atoms with Crippen molar-refractivity contribution in [2.24, 2.45) is 0 Å². The van der Waals surface area contributed by atoms with Crippen molar-refractivity contribution < 1.29 is 19.2 Å². The number of likely N-dealkylation sites (N-methyl/N-ethyl adjacent to an activating group) is 1. The molecule has 0 aromatic carbocycles. The first-order chi connectivity index (χ1) is 8.43. The molecule has 0 aliphatic rings. The van der Waals surface area contributed by atoms with Crippen molar-refractivity contribution in [3.05, 3.63) is 22.2 Å². The first-order valence-corrected chi connectivity index (χ1v) is 5.52. The Morgan fingerprint density at radius 1 is 1.67 bits per heavy atom. The Morgan fingerprint density at radius 2 is 2.33 bits per heavy atom. The topological polar surface area (TPSA) is 84.9 Å². The maximum atomic E-state index is 11.7. The summed E-state index contributed by atoms with van der Waals surface area (Å²) in [6.07, 6.45) is -0.678. The van der Waals surface area contributed by atoms with Crippen molar-refractivity contribution in [2.75, 3.05) is 33.9 Å². The molecule has 0 bridgehead atoms. The maximum Gasteiger partial charge on any atom is 0.290 e. The van der Waals surface area contributed by atoms with Crippen LogP contribution < -0.4 is 5.56 Å². The molecular formula is C11H18N2O5. The predicted molar refractivity (Wildman–Crippen MR) is 63.7 cm³/mol. The molecule has 1 aromatic heterocycles. The van der Waals surface area contributed by atoms with E-state index in [2.05, 4.69) is 0 Å². The van der Waals surface area contributed by atoms with Crippen LogP contribution in [0.15, 0.2) is 15.4 Å². The highest BCUT2D eigenvalue weighted by Gasteiger charge is 2.16. The molecule has 1 rings (SSSR count). The number of nitrogens with zero attached hydrogens (tertiary/aromatic N) is 2. The third kappa shape index (κ3) is 4.10. The third-order valence-corrected chi connectivity index (χ3v) is 2.28. The van der Waals surface area contributed by atoms with E-state index in [1.807, 2.05) is 0 Å². The van der Waals surface area contributed by atoms with Crippen LogP contribution in [0.25, 0.3) is 0 Å². The number of carbonyl (C=O) groups is 1. The molecule has 1 unspecified atom stereocenters. The van der Waals surface area contributed by atoms with Crippen LogP contribution in [0.5, 0.6) is 0 Å². The van der Waals surface area contributed by atoms with Gasteiger partial charge in [-0.1, -0.05) is 0 Å². The smallest absolute Gasteiger partial charge is 0.290 e. The Morgan fingerprint density at radius 3 is 2.83 bits per heavy atom. The lowest BCUT2D eigenvalue weighted by Crippen LogP contribution is -2.38. The molecule has 0 radical (unpaired) electrons. The second-order valence-corrected chi connectivity index (χ2v) is 4.18. The first kappa shape index (κ1) is 14.6. The van der Waals surface area contributed by atoms with Crippen molar-refractivity contribution in [2.45, 2.75) is 13.0 Å². The maximum absolute atomic E-state index is 11.7. The summed E-state index contributed by atoms with van der Waals surface area (Å²) in [6.45, 7) is 2.04. The van der Waals surface area contributed by atoms with Crippen molar-refractivity contribution in [3.8, 4) is 0 Å². The fourth-order valence-electron chi connectivity index (χ4n) is 1.59. The van der Waals surface area contributed by atoms with Crippen molar-refractivity contribution in [1.29, 1.82) is 0 Å². The Kier molecular flexibility index (Phi) is 5.26. The highest BCUT2D eigenvalue weighted by molar-refractivity contribution is 5.79. The van der Waals surface area contributed by atoms with Crippen LogP contribution in [0.1, 0.15) is 10.6 Å². The van der Waals surface area contributed by atoms with Gasteiger partial charge in [0.1, 0.15) is 5.76 Å². The van der Waals surface area contributed by atoms with E-state index < -0.39 is 17.6 Å². The summed E-state index contributed by atoms with van der Waals surface area (Å²) < 4.78 is 10.5. The van der Waals surface area contributed by atoms with Gasteiger partial charge in [0.25, 0.3) is 11.5 Å². The zero-order valence-electron chi connectivity index (χ0n) is 10.8. The standard InChI is InChI=1S/C11H18N2O5/c1-8-4-10(15)13(18-8)11(16)6-12(2)5-9(14)7-17-3/h4,9,14H,5-7H2,1-3H3. The van der Waals surface area contributed by atoms with Crippen LogP contribution in [-0.4, -0.2) is 60.6 Å². The van der Waals surface area contributed by atoms with E-state index in [1.54, 1.807) is 18.9 Å². The number of hydrogen-bond donors (Lipinski definition) is 1. The van der Waals surface area contributed by atoms with Crippen molar-refractivity contribution in [1.82, 2.24) is 9.64 Å². The largest absolute Gasteiger partial charge is 0.389 e. The lowest BCUT2D eigenvalue weighted by molar-refractivity contribution is 0.0395. The van der Waals surface area contributed by atoms with Gasteiger partial charge in [0.05, 0.1) is 19.3 Å². The summed E-state index contributed by atoms with van der Waals surface area (Å²) in [5, 5.41) is 9.49. The van der Waals surface area contributed by atoms with Gasteiger partial charge in [-0.25, -0.2) is 0 Å². The fourth-order valence-corrected chi connectivity index (χ4v) is 1.59. The molecule has 102 valence electrons. The Balaban J connectivity index is 2.54. The molecule has 0 fully saturated rings. The summed E-state index contributed by atoms with van der Waals surface area (Å²) in [4.78, 5) is 24.7. The normalized spacial score (nSPS) is 12.9. The molecule has 1 heterocycles. The average Bonchev–Trinajstić information content (AvgIpc) is 2.57. The van der Waals surface area contributed by atoms with Gasteiger partial charge in [0, 0.05) is 19.7 Å². The molecule has 1 N–H and O–H groups in total. The summed E-state index contributed by atoms with van der Waals surface area (Å²) in [5.74, 6) is -0.0874. The van der Waals surface area contributed by atoms with Gasteiger partial charge in [-0.3, -0.25) is 14.5 Å². The van der Waals surface area contributed by atoms with E-state index in [0.717, 1.165) is 0 Å². The molecule has 18 heavy (non-hydrogen) atoms. The Bertz CT molecular complexity index is 451. The molecular weight excluding hydrogens is 240 g/mol. The summed E-state index contributed by atoms with van der Waals surface area (Å²) >= 11 is 0. The Hall–Kier alpha value is -1.44. The second-order valence-electron chi connectivity index (χ2n) is 4.18. The van der Waals surface area contributed by atoms with Gasteiger partial charge in [0.2, 0.25) is 0 Å². The number of carbonyl (C=O) groups excluding carboxylic acids is 1. The molecule has 0 amide bonds. The second kappa shape index (κ2) is 6.48. The molecule has 1 atom stereocenters. The quantitative estimate of drug-likeness (QED) is 0.728. The minimum atomic E-state index is -0.678. The zero-order valence-corrected chi connectivity index (χ0v) is 10.8. The summed E-state index contributed by atoms with van der Waals surface area (Å²) in [5.41, 5.74) is -0.483. The molecule has 0 saturated heterocycles. The van der Waals surface area contributed by atoms with Gasteiger partial charge >= 0.3 is 0 Å². The molecule has 0 aliphatic carbocycles. The van der Waals surface area contributed by atoms with Gasteiger partial charge in [-0.15, -0.1) is 4.74 Å². The average molecular weight is 258 g/mol. The number of aliphatic hydroxyl groups excluding tert-OH is 1. The fraction of sp³-hybridized carbons (Fsp3) is 0.636.